The molecule has 0 saturated heterocycles. The summed E-state index contributed by atoms with van der Waals surface area (Å²) in [5.74, 6) is 0.467. The van der Waals surface area contributed by atoms with Gasteiger partial charge >= 0.3 is 0 Å². The lowest BCUT2D eigenvalue weighted by Crippen LogP contribution is -2.12. The molecule has 2 aromatic carbocycles. The van der Waals surface area contributed by atoms with Crippen molar-refractivity contribution in [3.63, 3.8) is 0 Å². The zero-order valence-corrected chi connectivity index (χ0v) is 13.1. The average Bonchev–Trinajstić information content (AvgIpc) is 2.48. The molecule has 0 unspecified atom stereocenters. The number of carbonyl (C=O) groups is 1. The summed E-state index contributed by atoms with van der Waals surface area (Å²) in [4.78, 5) is 12.3. The highest BCUT2D eigenvalue weighted by Crippen LogP contribution is 2.23. The van der Waals surface area contributed by atoms with Crippen LogP contribution in [0.3, 0.4) is 0 Å². The number of aryl methyl sites for hydroxylation is 2. The van der Waals surface area contributed by atoms with E-state index >= 15 is 0 Å². The lowest BCUT2D eigenvalue weighted by molar-refractivity contribution is 0.102. The molecule has 0 aliphatic heterocycles. The smallest absolute Gasteiger partial charge is 0.255 e. The van der Waals surface area contributed by atoms with Crippen molar-refractivity contribution in [2.75, 3.05) is 11.9 Å². The molecule has 0 aromatic heterocycles. The predicted molar refractivity (Wildman–Crippen MR) is 87.4 cm³/mol. The summed E-state index contributed by atoms with van der Waals surface area (Å²) in [5.41, 5.74) is 4.01. The quantitative estimate of drug-likeness (QED) is 0.889. The fraction of sp³-hybridized carbons (Fsp3) is 0.278. The number of amides is 1. The van der Waals surface area contributed by atoms with Gasteiger partial charge in [-0.3, -0.25) is 4.79 Å². The molecule has 0 heterocycles. The zero-order chi connectivity index (χ0) is 16.1. The molecule has 0 bridgehead atoms. The second-order valence-corrected chi connectivity index (χ2v) is 5.24. The summed E-state index contributed by atoms with van der Waals surface area (Å²) in [6, 6.07) is 11.0. The number of aliphatic hydroxyl groups is 1. The largest absolute Gasteiger partial charge is 0.494 e. The van der Waals surface area contributed by atoms with E-state index in [1.807, 2.05) is 39.0 Å². The van der Waals surface area contributed by atoms with Crippen LogP contribution in [0.15, 0.2) is 36.4 Å². The van der Waals surface area contributed by atoms with Gasteiger partial charge in [0.1, 0.15) is 5.75 Å². The Bertz CT molecular complexity index is 660. The first-order valence-corrected chi connectivity index (χ1v) is 7.29. The van der Waals surface area contributed by atoms with Gasteiger partial charge in [-0.2, -0.15) is 0 Å². The van der Waals surface area contributed by atoms with Gasteiger partial charge in [-0.25, -0.2) is 0 Å². The van der Waals surface area contributed by atoms with E-state index in [9.17, 15) is 9.90 Å². The molecule has 0 radical (unpaired) electrons. The number of benzene rings is 2. The number of rotatable bonds is 5. The van der Waals surface area contributed by atoms with Gasteiger partial charge in [-0.15, -0.1) is 0 Å². The monoisotopic (exact) mass is 299 g/mol. The van der Waals surface area contributed by atoms with Crippen LogP contribution in [0.2, 0.25) is 0 Å². The maximum Gasteiger partial charge on any atom is 0.255 e. The fourth-order valence-corrected chi connectivity index (χ4v) is 2.39. The van der Waals surface area contributed by atoms with Crippen molar-refractivity contribution in [1.82, 2.24) is 0 Å². The van der Waals surface area contributed by atoms with E-state index in [1.54, 1.807) is 18.2 Å². The van der Waals surface area contributed by atoms with Crippen LogP contribution in [0.5, 0.6) is 5.75 Å². The maximum atomic E-state index is 12.3. The van der Waals surface area contributed by atoms with Crippen LogP contribution >= 0.6 is 0 Å². The molecule has 0 spiro atoms. The molecular weight excluding hydrogens is 278 g/mol. The number of hydrogen-bond donors (Lipinski definition) is 2. The van der Waals surface area contributed by atoms with E-state index < -0.39 is 0 Å². The van der Waals surface area contributed by atoms with Crippen LogP contribution in [-0.2, 0) is 6.61 Å². The van der Waals surface area contributed by atoms with Gasteiger partial charge in [0.15, 0.2) is 0 Å². The summed E-state index contributed by atoms with van der Waals surface area (Å²) in [7, 11) is 0. The Labute approximate surface area is 130 Å². The minimum Gasteiger partial charge on any atom is -0.494 e. The topological polar surface area (TPSA) is 58.6 Å². The average molecular weight is 299 g/mol. The van der Waals surface area contributed by atoms with Gasteiger partial charge in [0.25, 0.3) is 5.91 Å². The number of ether oxygens (including phenoxy) is 1. The highest BCUT2D eigenvalue weighted by molar-refractivity contribution is 6.04. The number of carbonyl (C=O) groups excluding carboxylic acids is 1. The van der Waals surface area contributed by atoms with Crippen LogP contribution in [0.1, 0.15) is 34.0 Å². The molecule has 0 aliphatic rings. The summed E-state index contributed by atoms with van der Waals surface area (Å²) in [6.45, 7) is 6.20. The predicted octanol–water partition coefficient (Wildman–Crippen LogP) is 3.45. The van der Waals surface area contributed by atoms with Gasteiger partial charge in [0.05, 0.1) is 13.2 Å². The van der Waals surface area contributed by atoms with E-state index in [2.05, 4.69) is 5.32 Å². The van der Waals surface area contributed by atoms with Crippen LogP contribution in [-0.4, -0.2) is 17.6 Å². The third kappa shape index (κ3) is 3.86. The number of anilines is 1. The van der Waals surface area contributed by atoms with Gasteiger partial charge in [-0.05, 0) is 51.1 Å². The van der Waals surface area contributed by atoms with E-state index in [0.717, 1.165) is 11.1 Å². The Hall–Kier alpha value is -2.33. The summed E-state index contributed by atoms with van der Waals surface area (Å²) in [6.07, 6.45) is 0. The van der Waals surface area contributed by atoms with Crippen LogP contribution < -0.4 is 10.1 Å². The Morgan fingerprint density at radius 3 is 2.41 bits per heavy atom. The summed E-state index contributed by atoms with van der Waals surface area (Å²) >= 11 is 0. The summed E-state index contributed by atoms with van der Waals surface area (Å²) < 4.78 is 5.43. The van der Waals surface area contributed by atoms with Crippen molar-refractivity contribution in [1.29, 1.82) is 0 Å². The van der Waals surface area contributed by atoms with E-state index in [0.29, 0.717) is 29.2 Å². The second-order valence-electron chi connectivity index (χ2n) is 5.24. The summed E-state index contributed by atoms with van der Waals surface area (Å²) in [5, 5.41) is 12.3. The standard InChI is InChI=1S/C18H21NO3/c1-4-22-17-6-5-16(10-15(17)11-20)19-18(21)14-8-12(2)7-13(3)9-14/h5-10,20H,4,11H2,1-3H3,(H,19,21). The SMILES string of the molecule is CCOc1ccc(NC(=O)c2cc(C)cc(C)c2)cc1CO. The Morgan fingerprint density at radius 1 is 1.14 bits per heavy atom. The van der Waals surface area contributed by atoms with Crippen molar-refractivity contribution in [2.24, 2.45) is 0 Å². The van der Waals surface area contributed by atoms with Crippen molar-refractivity contribution in [2.45, 2.75) is 27.4 Å². The lowest BCUT2D eigenvalue weighted by Gasteiger charge is -2.12. The highest BCUT2D eigenvalue weighted by Gasteiger charge is 2.09. The molecular formula is C18H21NO3. The zero-order valence-electron chi connectivity index (χ0n) is 13.1. The number of nitrogens with one attached hydrogen (secondary N) is 1. The molecule has 0 atom stereocenters. The van der Waals surface area contributed by atoms with Crippen molar-refractivity contribution < 1.29 is 14.6 Å². The van der Waals surface area contributed by atoms with E-state index in [1.165, 1.54) is 0 Å². The molecule has 0 saturated carbocycles. The first kappa shape index (κ1) is 16.0. The molecule has 0 aliphatic carbocycles. The normalized spacial score (nSPS) is 10.4. The third-order valence-electron chi connectivity index (χ3n) is 3.27. The van der Waals surface area contributed by atoms with Gasteiger partial charge in [-0.1, -0.05) is 17.2 Å². The van der Waals surface area contributed by atoms with E-state index in [-0.39, 0.29) is 12.5 Å². The van der Waals surface area contributed by atoms with Crippen LogP contribution in [0.25, 0.3) is 0 Å². The molecule has 2 N–H and O–H groups in total. The third-order valence-corrected chi connectivity index (χ3v) is 3.27. The Kier molecular flexibility index (Phi) is 5.17. The van der Waals surface area contributed by atoms with E-state index in [4.69, 9.17) is 4.74 Å². The van der Waals surface area contributed by atoms with Crippen molar-refractivity contribution in [3.05, 3.63) is 58.7 Å². The van der Waals surface area contributed by atoms with Crippen LogP contribution in [0.4, 0.5) is 5.69 Å². The molecule has 4 nitrogen and oxygen atoms in total. The number of aliphatic hydroxyl groups excluding tert-OH is 1. The van der Waals surface area contributed by atoms with Gasteiger partial charge in [0.2, 0.25) is 0 Å². The molecule has 2 rings (SSSR count). The Balaban J connectivity index is 2.21. The minimum absolute atomic E-state index is 0.136. The van der Waals surface area contributed by atoms with Gasteiger partial charge in [0, 0.05) is 16.8 Å². The molecule has 2 aromatic rings. The Morgan fingerprint density at radius 2 is 1.82 bits per heavy atom. The van der Waals surface area contributed by atoms with Crippen molar-refractivity contribution >= 4 is 11.6 Å². The molecule has 116 valence electrons. The lowest BCUT2D eigenvalue weighted by atomic mass is 10.1. The van der Waals surface area contributed by atoms with Gasteiger partial charge < -0.3 is 15.2 Å². The first-order valence-electron chi connectivity index (χ1n) is 7.29. The highest BCUT2D eigenvalue weighted by atomic mass is 16.5. The fourth-order valence-electron chi connectivity index (χ4n) is 2.39. The van der Waals surface area contributed by atoms with Crippen molar-refractivity contribution in [3.8, 4) is 5.75 Å². The second kappa shape index (κ2) is 7.09. The molecule has 0 fully saturated rings. The van der Waals surface area contributed by atoms with Crippen LogP contribution in [0, 0.1) is 13.8 Å². The molecule has 22 heavy (non-hydrogen) atoms. The number of hydrogen-bond acceptors (Lipinski definition) is 3. The first-order chi connectivity index (χ1) is 10.5. The minimum atomic E-state index is -0.167. The molecule has 1 amide bonds. The maximum absolute atomic E-state index is 12.3. The molecule has 4 heteroatoms.